The van der Waals surface area contributed by atoms with Crippen molar-refractivity contribution in [2.24, 2.45) is 11.8 Å². The lowest BCUT2D eigenvalue weighted by Gasteiger charge is -2.30. The van der Waals surface area contributed by atoms with E-state index in [-0.39, 0.29) is 23.9 Å². The number of fused-ring (bicyclic) bond motifs is 1. The Bertz CT molecular complexity index is 880. The highest BCUT2D eigenvalue weighted by Gasteiger charge is 2.63. The van der Waals surface area contributed by atoms with Crippen LogP contribution in [0, 0.1) is 11.8 Å². The minimum Gasteiger partial charge on any atom is -0.483 e. The Morgan fingerprint density at radius 3 is 2.25 bits per heavy atom. The van der Waals surface area contributed by atoms with Gasteiger partial charge in [0.2, 0.25) is 5.91 Å². The molecule has 3 aliphatic rings. The van der Waals surface area contributed by atoms with Gasteiger partial charge >= 0.3 is 0 Å². The summed E-state index contributed by atoms with van der Waals surface area (Å²) in [6.45, 7) is 2.36. The van der Waals surface area contributed by atoms with Crippen LogP contribution in [0.4, 0.5) is 0 Å². The molecule has 170 valence electrons. The average Bonchev–Trinajstić information content (AvgIpc) is 3.46. The Morgan fingerprint density at radius 1 is 1.16 bits per heavy atom. The summed E-state index contributed by atoms with van der Waals surface area (Å²) in [5.74, 6) is 0.946. The molecular formula is C26H32N2O4. The summed E-state index contributed by atoms with van der Waals surface area (Å²) >= 11 is 0. The predicted molar refractivity (Wildman–Crippen MR) is 122 cm³/mol. The predicted octanol–water partition coefficient (Wildman–Crippen LogP) is 3.09. The number of carbonyl (C=O) groups is 2. The Morgan fingerprint density at radius 2 is 1.72 bits per heavy atom. The molecule has 2 aromatic rings. The Labute approximate surface area is 189 Å². The van der Waals surface area contributed by atoms with E-state index in [1.54, 1.807) is 0 Å². The van der Waals surface area contributed by atoms with Crippen molar-refractivity contribution < 1.29 is 19.4 Å². The van der Waals surface area contributed by atoms with E-state index in [0.29, 0.717) is 17.9 Å². The van der Waals surface area contributed by atoms with Crippen LogP contribution in [0.25, 0.3) is 0 Å². The van der Waals surface area contributed by atoms with Crippen molar-refractivity contribution in [2.45, 2.75) is 30.5 Å². The first-order valence-corrected chi connectivity index (χ1v) is 11.3. The third-order valence-corrected chi connectivity index (χ3v) is 7.18. The Balaban J connectivity index is 0.000000775. The molecule has 0 unspecified atom stereocenters. The summed E-state index contributed by atoms with van der Waals surface area (Å²) in [6.07, 6.45) is 2.61. The monoisotopic (exact) mass is 436 g/mol. The molecule has 1 spiro atoms. The number of likely N-dealkylation sites (tertiary alicyclic amines) is 1. The van der Waals surface area contributed by atoms with Gasteiger partial charge in [-0.05, 0) is 38.1 Å². The molecule has 3 heterocycles. The summed E-state index contributed by atoms with van der Waals surface area (Å²) in [5.41, 5.74) is 2.01. The Kier molecular flexibility index (Phi) is 6.63. The van der Waals surface area contributed by atoms with E-state index in [1.807, 2.05) is 36.4 Å². The molecule has 3 saturated heterocycles. The molecule has 2 bridgehead atoms. The fraction of sp³-hybridized carbons (Fsp3) is 0.462. The molecule has 0 saturated carbocycles. The highest BCUT2D eigenvalue weighted by atomic mass is 16.5. The van der Waals surface area contributed by atoms with Crippen molar-refractivity contribution in [3.05, 3.63) is 71.8 Å². The van der Waals surface area contributed by atoms with Crippen LogP contribution >= 0.6 is 0 Å². The number of rotatable bonds is 5. The van der Waals surface area contributed by atoms with Gasteiger partial charge < -0.3 is 19.6 Å². The third kappa shape index (κ3) is 4.17. The summed E-state index contributed by atoms with van der Waals surface area (Å²) in [4.78, 5) is 26.6. The van der Waals surface area contributed by atoms with Crippen LogP contribution in [-0.4, -0.2) is 72.7 Å². The van der Waals surface area contributed by atoms with Crippen molar-refractivity contribution in [2.75, 3.05) is 33.7 Å². The lowest BCUT2D eigenvalue weighted by Crippen LogP contribution is -2.40. The summed E-state index contributed by atoms with van der Waals surface area (Å²) < 4.78 is 6.55. The van der Waals surface area contributed by atoms with Crippen molar-refractivity contribution in [1.29, 1.82) is 0 Å². The molecule has 3 aliphatic heterocycles. The van der Waals surface area contributed by atoms with Gasteiger partial charge in [0.1, 0.15) is 0 Å². The van der Waals surface area contributed by atoms with Crippen molar-refractivity contribution in [3.8, 4) is 0 Å². The topological polar surface area (TPSA) is 70.1 Å². The quantitative estimate of drug-likeness (QED) is 0.730. The molecule has 6 heteroatoms. The molecule has 1 N–H and O–H groups in total. The second-order valence-electron chi connectivity index (χ2n) is 9.37. The molecule has 1 amide bonds. The first-order chi connectivity index (χ1) is 15.5. The van der Waals surface area contributed by atoms with E-state index in [9.17, 15) is 4.79 Å². The fourth-order valence-corrected chi connectivity index (χ4v) is 5.98. The maximum Gasteiger partial charge on any atom is 0.290 e. The van der Waals surface area contributed by atoms with Gasteiger partial charge in [-0.1, -0.05) is 60.7 Å². The first-order valence-electron chi connectivity index (χ1n) is 11.3. The van der Waals surface area contributed by atoms with Gasteiger partial charge in [0.25, 0.3) is 6.47 Å². The largest absolute Gasteiger partial charge is 0.483 e. The van der Waals surface area contributed by atoms with Gasteiger partial charge in [-0.25, -0.2) is 0 Å². The van der Waals surface area contributed by atoms with Crippen LogP contribution in [0.5, 0.6) is 0 Å². The van der Waals surface area contributed by atoms with Gasteiger partial charge in [-0.15, -0.1) is 0 Å². The molecule has 0 radical (unpaired) electrons. The summed E-state index contributed by atoms with van der Waals surface area (Å²) in [5, 5.41) is 6.89. The zero-order chi connectivity index (χ0) is 22.7. The minimum absolute atomic E-state index is 0.112. The van der Waals surface area contributed by atoms with Crippen LogP contribution in [0.2, 0.25) is 0 Å². The molecular weight excluding hydrogens is 404 g/mol. The molecule has 2 aromatic carbocycles. The molecule has 0 aliphatic carbocycles. The van der Waals surface area contributed by atoms with E-state index in [1.165, 1.54) is 0 Å². The normalized spacial score (nSPS) is 27.9. The number of ether oxygens (including phenoxy) is 1. The first kappa shape index (κ1) is 22.5. The maximum absolute atomic E-state index is 13.8. The molecule has 4 atom stereocenters. The van der Waals surface area contributed by atoms with Crippen LogP contribution in [0.3, 0.4) is 0 Å². The molecule has 32 heavy (non-hydrogen) atoms. The molecule has 6 nitrogen and oxygen atoms in total. The van der Waals surface area contributed by atoms with Gasteiger partial charge in [-0.2, -0.15) is 0 Å². The summed E-state index contributed by atoms with van der Waals surface area (Å²) in [7, 11) is 4.27. The van der Waals surface area contributed by atoms with E-state index >= 15 is 0 Å². The number of hydrogen-bond acceptors (Lipinski definition) is 4. The van der Waals surface area contributed by atoms with Crippen molar-refractivity contribution >= 4 is 12.4 Å². The zero-order valence-corrected chi connectivity index (χ0v) is 18.8. The van der Waals surface area contributed by atoms with Crippen molar-refractivity contribution in [1.82, 2.24) is 9.80 Å². The van der Waals surface area contributed by atoms with Crippen LogP contribution in [0.15, 0.2) is 60.7 Å². The summed E-state index contributed by atoms with van der Waals surface area (Å²) in [6, 6.07) is 20.4. The van der Waals surface area contributed by atoms with E-state index in [0.717, 1.165) is 43.6 Å². The van der Waals surface area contributed by atoms with Crippen LogP contribution in [0.1, 0.15) is 29.9 Å². The van der Waals surface area contributed by atoms with Crippen LogP contribution in [-0.2, 0) is 14.3 Å². The van der Waals surface area contributed by atoms with E-state index < -0.39 is 0 Å². The second kappa shape index (κ2) is 9.43. The molecule has 5 rings (SSSR count). The van der Waals surface area contributed by atoms with Gasteiger partial charge in [-0.3, -0.25) is 9.59 Å². The number of amides is 1. The third-order valence-electron chi connectivity index (χ3n) is 7.18. The standard InChI is InChI=1S/C25H30N2O2.CH2O2/c1-26(2)15-20-21-16-27(17-25(21)14-13-22(20)29-25)24(28)23(18-9-5-3-6-10-18)19-11-7-4-8-12-19;2-1-3/h3-12,20-23H,13-17H2,1-2H3;1H,(H,2,3)/t20-,21+,22+,25+;/m0./s1. The van der Waals surface area contributed by atoms with Crippen LogP contribution < -0.4 is 0 Å². The van der Waals surface area contributed by atoms with E-state index in [4.69, 9.17) is 14.6 Å². The molecule has 0 aromatic heterocycles. The van der Waals surface area contributed by atoms with Gasteiger partial charge in [0.05, 0.1) is 24.2 Å². The number of carboxylic acid groups (broad SMARTS) is 1. The van der Waals surface area contributed by atoms with Gasteiger partial charge in [0, 0.05) is 24.9 Å². The smallest absolute Gasteiger partial charge is 0.290 e. The molecule has 3 fully saturated rings. The fourth-order valence-electron chi connectivity index (χ4n) is 5.98. The lowest BCUT2D eigenvalue weighted by molar-refractivity contribution is -0.132. The number of benzene rings is 2. The van der Waals surface area contributed by atoms with Crippen molar-refractivity contribution in [3.63, 3.8) is 0 Å². The van der Waals surface area contributed by atoms with Gasteiger partial charge in [0.15, 0.2) is 0 Å². The lowest BCUT2D eigenvalue weighted by atomic mass is 9.73. The highest BCUT2D eigenvalue weighted by molar-refractivity contribution is 5.87. The maximum atomic E-state index is 13.8. The highest BCUT2D eigenvalue weighted by Crippen LogP contribution is 2.55. The van der Waals surface area contributed by atoms with E-state index in [2.05, 4.69) is 48.2 Å². The number of carbonyl (C=O) groups excluding carboxylic acids is 1. The minimum atomic E-state index is -0.253. The second-order valence-corrected chi connectivity index (χ2v) is 9.37. The zero-order valence-electron chi connectivity index (χ0n) is 18.8. The number of nitrogens with zero attached hydrogens (tertiary/aromatic N) is 2. The average molecular weight is 437 g/mol. The SMILES string of the molecule is CN(C)C[C@H]1[C@H]2CN(C(=O)C(c3ccccc3)c3ccccc3)C[C@]23CC[C@H]1O3.O=CO. The Hall–Kier alpha value is -2.70. The number of hydrogen-bond donors (Lipinski definition) is 1.